The van der Waals surface area contributed by atoms with Crippen molar-refractivity contribution in [2.24, 2.45) is 5.14 Å². The Morgan fingerprint density at radius 3 is 2.47 bits per heavy atom. The molecule has 2 aliphatic heterocycles. The molecule has 0 spiro atoms. The van der Waals surface area contributed by atoms with Gasteiger partial charge in [-0.1, -0.05) is 18.2 Å². The first-order valence-electron chi connectivity index (χ1n) is 9.39. The number of benzene rings is 2. The summed E-state index contributed by atoms with van der Waals surface area (Å²) in [4.78, 5) is 26.3. The van der Waals surface area contributed by atoms with E-state index >= 15 is 0 Å². The molecule has 4 rings (SSSR count). The van der Waals surface area contributed by atoms with Crippen molar-refractivity contribution in [2.45, 2.75) is 30.3 Å². The molecule has 0 radical (unpaired) electrons. The van der Waals surface area contributed by atoms with Crippen LogP contribution in [-0.2, 0) is 32.6 Å². The number of carbonyl (C=O) groups is 2. The molecule has 10 heteroatoms. The maximum atomic E-state index is 12.7. The second-order valence-corrected chi connectivity index (χ2v) is 8.72. The van der Waals surface area contributed by atoms with Crippen LogP contribution in [0.25, 0.3) is 0 Å². The number of hydrogen-bond donors (Lipinski definition) is 2. The number of primary sulfonamides is 1. The third-order valence-corrected chi connectivity index (χ3v) is 6.01. The van der Waals surface area contributed by atoms with Gasteiger partial charge in [0.15, 0.2) is 11.5 Å². The van der Waals surface area contributed by atoms with Gasteiger partial charge in [-0.05, 0) is 48.4 Å². The molecule has 2 aliphatic rings. The highest BCUT2D eigenvalue weighted by Crippen LogP contribution is 2.33. The lowest BCUT2D eigenvalue weighted by Gasteiger charge is -2.16. The summed E-state index contributed by atoms with van der Waals surface area (Å²) in [6.07, 6.45) is 0.679. The van der Waals surface area contributed by atoms with Gasteiger partial charge in [-0.25, -0.2) is 13.6 Å². The predicted octanol–water partition coefficient (Wildman–Crippen LogP) is 0.522. The van der Waals surface area contributed by atoms with Crippen molar-refractivity contribution in [3.63, 3.8) is 0 Å². The minimum absolute atomic E-state index is 0.0509. The SMILES string of the molecule is NS(=O)(=O)c1ccc(CCNC2CC(=O)N(Cc3ccc4c(c3)OCO4)C2=O)cc1. The number of carbonyl (C=O) groups excluding carboxylic acids is 2. The van der Waals surface area contributed by atoms with E-state index in [9.17, 15) is 18.0 Å². The van der Waals surface area contributed by atoms with Crippen molar-refractivity contribution in [3.05, 3.63) is 53.6 Å². The summed E-state index contributed by atoms with van der Waals surface area (Å²) in [6, 6.07) is 11.0. The van der Waals surface area contributed by atoms with Gasteiger partial charge >= 0.3 is 0 Å². The number of amides is 2. The van der Waals surface area contributed by atoms with Crippen LogP contribution in [0.1, 0.15) is 17.5 Å². The third-order valence-electron chi connectivity index (χ3n) is 5.08. The standard InChI is InChI=1S/C20H21N3O6S/c21-30(26,27)15-4-1-13(2-5-15)7-8-22-16-10-19(24)23(20(16)25)11-14-3-6-17-18(9-14)29-12-28-17/h1-6,9,16,22H,7-8,10-12H2,(H2,21,26,27). The molecule has 9 nitrogen and oxygen atoms in total. The average Bonchev–Trinajstić information content (AvgIpc) is 3.27. The van der Waals surface area contributed by atoms with Gasteiger partial charge in [0.05, 0.1) is 23.9 Å². The Hall–Kier alpha value is -2.95. The lowest BCUT2D eigenvalue weighted by atomic mass is 10.1. The summed E-state index contributed by atoms with van der Waals surface area (Å²) >= 11 is 0. The third kappa shape index (κ3) is 4.30. The number of rotatable bonds is 7. The van der Waals surface area contributed by atoms with Gasteiger partial charge in [-0.2, -0.15) is 0 Å². The molecule has 3 N–H and O–H groups in total. The monoisotopic (exact) mass is 431 g/mol. The van der Waals surface area contributed by atoms with Gasteiger partial charge < -0.3 is 14.8 Å². The fourth-order valence-electron chi connectivity index (χ4n) is 3.47. The molecule has 0 aliphatic carbocycles. The first-order valence-corrected chi connectivity index (χ1v) is 10.9. The van der Waals surface area contributed by atoms with Crippen LogP contribution in [0.15, 0.2) is 47.4 Å². The Balaban J connectivity index is 1.32. The fraction of sp³-hybridized carbons (Fsp3) is 0.300. The highest BCUT2D eigenvalue weighted by molar-refractivity contribution is 7.89. The minimum Gasteiger partial charge on any atom is -0.454 e. The second-order valence-electron chi connectivity index (χ2n) is 7.16. The molecule has 2 aromatic carbocycles. The van der Waals surface area contributed by atoms with E-state index in [-0.39, 0.29) is 36.5 Å². The summed E-state index contributed by atoms with van der Waals surface area (Å²) in [5.74, 6) is 0.763. The van der Waals surface area contributed by atoms with E-state index in [1.807, 2.05) is 0 Å². The van der Waals surface area contributed by atoms with E-state index in [1.54, 1.807) is 30.3 Å². The Morgan fingerprint density at radius 2 is 1.73 bits per heavy atom. The lowest BCUT2D eigenvalue weighted by molar-refractivity contribution is -0.139. The van der Waals surface area contributed by atoms with E-state index in [0.29, 0.717) is 24.5 Å². The van der Waals surface area contributed by atoms with Crippen molar-refractivity contribution in [1.82, 2.24) is 10.2 Å². The summed E-state index contributed by atoms with van der Waals surface area (Å²) in [5.41, 5.74) is 1.68. The molecule has 0 bridgehead atoms. The zero-order chi connectivity index (χ0) is 21.3. The highest BCUT2D eigenvalue weighted by atomic mass is 32.2. The quantitative estimate of drug-likeness (QED) is 0.612. The van der Waals surface area contributed by atoms with Gasteiger partial charge in [0.25, 0.3) is 0 Å². The van der Waals surface area contributed by atoms with Crippen LogP contribution in [0.4, 0.5) is 0 Å². The molecule has 0 saturated carbocycles. The van der Waals surface area contributed by atoms with Crippen molar-refractivity contribution >= 4 is 21.8 Å². The summed E-state index contributed by atoms with van der Waals surface area (Å²) in [5, 5.41) is 8.20. The summed E-state index contributed by atoms with van der Waals surface area (Å²) < 4.78 is 33.2. The first kappa shape index (κ1) is 20.3. The van der Waals surface area contributed by atoms with Gasteiger partial charge in [0, 0.05) is 0 Å². The van der Waals surface area contributed by atoms with Crippen LogP contribution in [0.3, 0.4) is 0 Å². The number of hydrogen-bond acceptors (Lipinski definition) is 7. The van der Waals surface area contributed by atoms with Crippen molar-refractivity contribution in [3.8, 4) is 11.5 Å². The van der Waals surface area contributed by atoms with Gasteiger partial charge in [0.2, 0.25) is 28.6 Å². The molecular formula is C20H21N3O6S. The number of nitrogens with one attached hydrogen (secondary N) is 1. The highest BCUT2D eigenvalue weighted by Gasteiger charge is 2.38. The van der Waals surface area contributed by atoms with Crippen molar-refractivity contribution in [1.29, 1.82) is 0 Å². The second kappa shape index (κ2) is 8.05. The fourth-order valence-corrected chi connectivity index (χ4v) is 3.98. The maximum absolute atomic E-state index is 12.7. The number of likely N-dealkylation sites (tertiary alicyclic amines) is 1. The van der Waals surface area contributed by atoms with Crippen LogP contribution in [0.5, 0.6) is 11.5 Å². The number of imide groups is 1. The van der Waals surface area contributed by atoms with Crippen LogP contribution in [-0.4, -0.2) is 44.5 Å². The Morgan fingerprint density at radius 1 is 1.03 bits per heavy atom. The maximum Gasteiger partial charge on any atom is 0.247 e. The first-order chi connectivity index (χ1) is 14.3. The largest absolute Gasteiger partial charge is 0.454 e. The van der Waals surface area contributed by atoms with Gasteiger partial charge in [0.1, 0.15) is 0 Å². The van der Waals surface area contributed by atoms with E-state index in [1.165, 1.54) is 17.0 Å². The molecule has 30 heavy (non-hydrogen) atoms. The number of sulfonamides is 1. The molecule has 158 valence electrons. The molecule has 1 atom stereocenters. The molecule has 1 fully saturated rings. The Bertz CT molecular complexity index is 1080. The number of nitrogens with two attached hydrogens (primary N) is 1. The lowest BCUT2D eigenvalue weighted by Crippen LogP contribution is -2.39. The molecule has 2 aromatic rings. The number of nitrogens with zero attached hydrogens (tertiary/aromatic N) is 1. The van der Waals surface area contributed by atoms with Crippen LogP contribution >= 0.6 is 0 Å². The van der Waals surface area contributed by atoms with Crippen molar-refractivity contribution < 1.29 is 27.5 Å². The number of ether oxygens (including phenoxy) is 2. The topological polar surface area (TPSA) is 128 Å². The average molecular weight is 431 g/mol. The molecule has 1 saturated heterocycles. The molecule has 0 aromatic heterocycles. The van der Waals surface area contributed by atoms with Gasteiger partial charge in [-0.15, -0.1) is 0 Å². The molecule has 2 heterocycles. The van der Waals surface area contributed by atoms with Crippen LogP contribution in [0, 0.1) is 0 Å². The molecule has 2 amide bonds. The predicted molar refractivity (Wildman–Crippen MR) is 106 cm³/mol. The Labute approximate surface area is 173 Å². The van der Waals surface area contributed by atoms with E-state index in [4.69, 9.17) is 14.6 Å². The Kier molecular flexibility index (Phi) is 5.46. The normalized spacial score (nSPS) is 18.3. The number of fused-ring (bicyclic) bond motifs is 1. The van der Waals surface area contributed by atoms with E-state index in [2.05, 4.69) is 5.32 Å². The zero-order valence-electron chi connectivity index (χ0n) is 16.0. The van der Waals surface area contributed by atoms with Gasteiger partial charge in [-0.3, -0.25) is 14.5 Å². The van der Waals surface area contributed by atoms with E-state index < -0.39 is 16.1 Å². The minimum atomic E-state index is -3.72. The van der Waals surface area contributed by atoms with Crippen LogP contribution < -0.4 is 19.9 Å². The zero-order valence-corrected chi connectivity index (χ0v) is 16.9. The van der Waals surface area contributed by atoms with Crippen molar-refractivity contribution in [2.75, 3.05) is 13.3 Å². The summed E-state index contributed by atoms with van der Waals surface area (Å²) in [6.45, 7) is 0.814. The molecule has 1 unspecified atom stereocenters. The molecular weight excluding hydrogens is 410 g/mol. The van der Waals surface area contributed by atoms with Crippen LogP contribution in [0.2, 0.25) is 0 Å². The van der Waals surface area contributed by atoms with E-state index in [0.717, 1.165) is 11.1 Å². The smallest absolute Gasteiger partial charge is 0.247 e. The summed E-state index contributed by atoms with van der Waals surface area (Å²) in [7, 11) is -3.72.